The van der Waals surface area contributed by atoms with Gasteiger partial charge in [-0.25, -0.2) is 9.97 Å². The Morgan fingerprint density at radius 2 is 2.07 bits per heavy atom. The largest absolute Gasteiger partial charge is 0.255 e. The number of aromatic nitrogens is 3. The lowest BCUT2D eigenvalue weighted by Crippen LogP contribution is -1.93. The molecule has 0 saturated heterocycles. The lowest BCUT2D eigenvalue weighted by Gasteiger charge is -2.02. The van der Waals surface area contributed by atoms with Gasteiger partial charge in [-0.3, -0.25) is 4.98 Å². The Balaban J connectivity index is 2.57. The van der Waals surface area contributed by atoms with Gasteiger partial charge in [0.15, 0.2) is 0 Å². The zero-order chi connectivity index (χ0) is 9.97. The van der Waals surface area contributed by atoms with Crippen LogP contribution in [0, 0.1) is 6.92 Å². The van der Waals surface area contributed by atoms with Crippen LogP contribution in [0.1, 0.15) is 5.56 Å². The summed E-state index contributed by atoms with van der Waals surface area (Å²) < 4.78 is 0. The van der Waals surface area contributed by atoms with E-state index in [1.54, 1.807) is 12.4 Å². The molecule has 2 rings (SSSR count). The lowest BCUT2D eigenvalue weighted by atomic mass is 10.2. The molecule has 0 N–H and O–H groups in total. The Kier molecular flexibility index (Phi) is 2.41. The first-order chi connectivity index (χ1) is 6.77. The predicted octanol–water partition coefficient (Wildman–Crippen LogP) is 2.50. The van der Waals surface area contributed by atoms with Gasteiger partial charge in [0, 0.05) is 12.4 Å². The van der Waals surface area contributed by atoms with Gasteiger partial charge >= 0.3 is 0 Å². The van der Waals surface area contributed by atoms with E-state index in [9.17, 15) is 0 Å². The molecule has 2 aromatic rings. The Hall–Kier alpha value is -1.48. The molecule has 0 radical (unpaired) electrons. The van der Waals surface area contributed by atoms with Gasteiger partial charge in [-0.15, -0.1) is 0 Å². The minimum atomic E-state index is 0.247. The monoisotopic (exact) mass is 205 g/mol. The third-order valence-corrected chi connectivity index (χ3v) is 2.03. The van der Waals surface area contributed by atoms with Crippen molar-refractivity contribution >= 4 is 11.6 Å². The van der Waals surface area contributed by atoms with E-state index in [4.69, 9.17) is 11.6 Å². The molecule has 0 aliphatic carbocycles. The smallest absolute Gasteiger partial charge is 0.222 e. The highest BCUT2D eigenvalue weighted by molar-refractivity contribution is 6.28. The summed E-state index contributed by atoms with van der Waals surface area (Å²) >= 11 is 5.72. The molecule has 0 unspecified atom stereocenters. The third kappa shape index (κ3) is 1.72. The second kappa shape index (κ2) is 3.72. The maximum absolute atomic E-state index is 5.72. The van der Waals surface area contributed by atoms with Crippen LogP contribution in [-0.2, 0) is 0 Å². The number of hydrogen-bond acceptors (Lipinski definition) is 3. The number of aryl methyl sites for hydroxylation is 1. The summed E-state index contributed by atoms with van der Waals surface area (Å²) in [6, 6.07) is 5.67. The van der Waals surface area contributed by atoms with Crippen molar-refractivity contribution in [2.75, 3.05) is 0 Å². The fourth-order valence-corrected chi connectivity index (χ4v) is 1.32. The summed E-state index contributed by atoms with van der Waals surface area (Å²) in [5.74, 6) is 0. The van der Waals surface area contributed by atoms with Crippen molar-refractivity contribution in [3.8, 4) is 11.4 Å². The van der Waals surface area contributed by atoms with E-state index >= 15 is 0 Å². The van der Waals surface area contributed by atoms with Gasteiger partial charge < -0.3 is 0 Å². The summed E-state index contributed by atoms with van der Waals surface area (Å²) in [6.45, 7) is 1.93. The van der Waals surface area contributed by atoms with Gasteiger partial charge in [0.05, 0.1) is 11.4 Å². The van der Waals surface area contributed by atoms with Gasteiger partial charge in [0.1, 0.15) is 0 Å². The van der Waals surface area contributed by atoms with E-state index in [1.165, 1.54) is 0 Å². The lowest BCUT2D eigenvalue weighted by molar-refractivity contribution is 1.12. The Bertz CT molecular complexity index is 442. The molecule has 0 saturated carbocycles. The minimum Gasteiger partial charge on any atom is -0.255 e. The molecule has 0 amide bonds. The molecular weight excluding hydrogens is 198 g/mol. The molecule has 3 nitrogen and oxygen atoms in total. The Labute approximate surface area is 86.8 Å². The van der Waals surface area contributed by atoms with Crippen molar-refractivity contribution in [3.05, 3.63) is 41.4 Å². The van der Waals surface area contributed by atoms with Gasteiger partial charge in [-0.1, -0.05) is 6.07 Å². The van der Waals surface area contributed by atoms with Crippen LogP contribution in [0.2, 0.25) is 5.28 Å². The van der Waals surface area contributed by atoms with E-state index < -0.39 is 0 Å². The highest BCUT2D eigenvalue weighted by atomic mass is 35.5. The van der Waals surface area contributed by atoms with E-state index in [-0.39, 0.29) is 5.28 Å². The van der Waals surface area contributed by atoms with Crippen LogP contribution in [-0.4, -0.2) is 15.0 Å². The summed E-state index contributed by atoms with van der Waals surface area (Å²) in [4.78, 5) is 12.2. The highest BCUT2D eigenvalue weighted by Crippen LogP contribution is 2.18. The fraction of sp³-hybridized carbons (Fsp3) is 0.100. The van der Waals surface area contributed by atoms with Crippen LogP contribution in [0.3, 0.4) is 0 Å². The molecule has 0 atom stereocenters. The molecule has 14 heavy (non-hydrogen) atoms. The van der Waals surface area contributed by atoms with Crippen LogP contribution in [0.5, 0.6) is 0 Å². The average molecular weight is 206 g/mol. The van der Waals surface area contributed by atoms with Gasteiger partial charge in [0.2, 0.25) is 5.28 Å². The van der Waals surface area contributed by atoms with Crippen molar-refractivity contribution in [1.29, 1.82) is 0 Å². The van der Waals surface area contributed by atoms with Crippen molar-refractivity contribution in [1.82, 2.24) is 15.0 Å². The van der Waals surface area contributed by atoms with Crippen molar-refractivity contribution in [3.63, 3.8) is 0 Å². The molecule has 2 heterocycles. The summed E-state index contributed by atoms with van der Waals surface area (Å²) in [5, 5.41) is 0.247. The second-order valence-corrected chi connectivity index (χ2v) is 3.22. The maximum atomic E-state index is 5.72. The highest BCUT2D eigenvalue weighted by Gasteiger charge is 2.05. The van der Waals surface area contributed by atoms with Crippen LogP contribution >= 0.6 is 11.6 Å². The van der Waals surface area contributed by atoms with E-state index in [0.29, 0.717) is 0 Å². The van der Waals surface area contributed by atoms with Crippen LogP contribution in [0.4, 0.5) is 0 Å². The first-order valence-electron chi connectivity index (χ1n) is 4.18. The Morgan fingerprint density at radius 1 is 1.21 bits per heavy atom. The number of halogens is 1. The van der Waals surface area contributed by atoms with Crippen LogP contribution in [0.15, 0.2) is 30.6 Å². The third-order valence-electron chi connectivity index (χ3n) is 1.85. The molecule has 0 aromatic carbocycles. The normalized spacial score (nSPS) is 10.1. The van der Waals surface area contributed by atoms with E-state index in [2.05, 4.69) is 15.0 Å². The van der Waals surface area contributed by atoms with E-state index in [1.807, 2.05) is 25.1 Å². The molecule has 0 bridgehead atoms. The molecule has 70 valence electrons. The van der Waals surface area contributed by atoms with Gasteiger partial charge in [-0.2, -0.15) is 0 Å². The number of rotatable bonds is 1. The van der Waals surface area contributed by atoms with Crippen molar-refractivity contribution < 1.29 is 0 Å². The second-order valence-electron chi connectivity index (χ2n) is 2.89. The SMILES string of the molecule is Cc1cnc(Cl)nc1-c1ccccn1. The summed E-state index contributed by atoms with van der Waals surface area (Å²) in [5.41, 5.74) is 2.56. The molecule has 2 aromatic heterocycles. The first-order valence-corrected chi connectivity index (χ1v) is 4.56. The molecule has 0 spiro atoms. The molecular formula is C10H8ClN3. The summed E-state index contributed by atoms with van der Waals surface area (Å²) in [7, 11) is 0. The minimum absolute atomic E-state index is 0.247. The van der Waals surface area contributed by atoms with Crippen LogP contribution in [0.25, 0.3) is 11.4 Å². The molecule has 0 aliphatic rings. The molecule has 0 aliphatic heterocycles. The van der Waals surface area contributed by atoms with Gasteiger partial charge in [-0.05, 0) is 36.2 Å². The fourth-order valence-electron chi connectivity index (χ4n) is 1.18. The van der Waals surface area contributed by atoms with Crippen molar-refractivity contribution in [2.45, 2.75) is 6.92 Å². The number of hydrogen-bond donors (Lipinski definition) is 0. The zero-order valence-corrected chi connectivity index (χ0v) is 8.36. The Morgan fingerprint density at radius 3 is 2.79 bits per heavy atom. The topological polar surface area (TPSA) is 38.7 Å². The first kappa shape index (κ1) is 9.09. The van der Waals surface area contributed by atoms with Crippen LogP contribution < -0.4 is 0 Å². The number of pyridine rings is 1. The average Bonchev–Trinajstić information content (AvgIpc) is 2.23. The van der Waals surface area contributed by atoms with Gasteiger partial charge in [0.25, 0.3) is 0 Å². The maximum Gasteiger partial charge on any atom is 0.222 e. The quantitative estimate of drug-likeness (QED) is 0.672. The van der Waals surface area contributed by atoms with E-state index in [0.717, 1.165) is 17.0 Å². The molecule has 0 fully saturated rings. The number of nitrogens with zero attached hydrogens (tertiary/aromatic N) is 3. The standard InChI is InChI=1S/C10H8ClN3/c1-7-6-13-10(11)14-9(7)8-4-2-3-5-12-8/h2-6H,1H3. The summed E-state index contributed by atoms with van der Waals surface area (Å²) in [6.07, 6.45) is 3.42. The molecule has 4 heteroatoms. The zero-order valence-electron chi connectivity index (χ0n) is 7.61. The predicted molar refractivity (Wildman–Crippen MR) is 55.0 cm³/mol. The van der Waals surface area contributed by atoms with Crippen molar-refractivity contribution in [2.24, 2.45) is 0 Å².